The lowest BCUT2D eigenvalue weighted by Gasteiger charge is -2.21. The SMILES string of the molecule is COCCN(CCO)C(=O)CNS(=O)(=O)c1ccccc1. The number of methoxy groups -OCH3 is 1. The zero-order valence-corrected chi connectivity index (χ0v) is 12.7. The molecule has 0 atom stereocenters. The highest BCUT2D eigenvalue weighted by molar-refractivity contribution is 7.89. The Labute approximate surface area is 124 Å². The Morgan fingerprint density at radius 2 is 1.95 bits per heavy atom. The first-order chi connectivity index (χ1) is 10.0. The molecule has 8 heteroatoms. The van der Waals surface area contributed by atoms with E-state index in [1.54, 1.807) is 18.2 Å². The van der Waals surface area contributed by atoms with Crippen LogP contribution in [0.25, 0.3) is 0 Å². The summed E-state index contributed by atoms with van der Waals surface area (Å²) in [7, 11) is -2.22. The number of nitrogens with one attached hydrogen (secondary N) is 1. The van der Waals surface area contributed by atoms with E-state index in [1.165, 1.54) is 24.1 Å². The van der Waals surface area contributed by atoms with Gasteiger partial charge in [0.05, 0.1) is 24.7 Å². The molecule has 0 aliphatic rings. The molecule has 0 aromatic heterocycles. The minimum absolute atomic E-state index is 0.100. The van der Waals surface area contributed by atoms with Gasteiger partial charge in [0, 0.05) is 20.2 Å². The van der Waals surface area contributed by atoms with Gasteiger partial charge in [-0.25, -0.2) is 13.1 Å². The molecule has 1 aromatic rings. The van der Waals surface area contributed by atoms with E-state index in [2.05, 4.69) is 4.72 Å². The fraction of sp³-hybridized carbons (Fsp3) is 0.462. The maximum Gasteiger partial charge on any atom is 0.241 e. The summed E-state index contributed by atoms with van der Waals surface area (Å²) in [6.45, 7) is 0.192. The lowest BCUT2D eigenvalue weighted by atomic mass is 10.4. The first-order valence-corrected chi connectivity index (χ1v) is 7.92. The summed E-state index contributed by atoms with van der Waals surface area (Å²) in [5, 5.41) is 8.92. The number of nitrogens with zero attached hydrogens (tertiary/aromatic N) is 1. The van der Waals surface area contributed by atoms with Gasteiger partial charge < -0.3 is 14.7 Å². The molecule has 0 bridgehead atoms. The van der Waals surface area contributed by atoms with Gasteiger partial charge in [0.15, 0.2) is 0 Å². The molecule has 0 fully saturated rings. The average molecular weight is 316 g/mol. The molecule has 0 aliphatic heterocycles. The molecule has 0 radical (unpaired) electrons. The number of rotatable bonds is 9. The van der Waals surface area contributed by atoms with Gasteiger partial charge in [-0.3, -0.25) is 4.79 Å². The van der Waals surface area contributed by atoms with Gasteiger partial charge in [0.1, 0.15) is 0 Å². The second kappa shape index (κ2) is 8.73. The quantitative estimate of drug-likeness (QED) is 0.636. The van der Waals surface area contributed by atoms with Crippen molar-refractivity contribution < 1.29 is 23.1 Å². The van der Waals surface area contributed by atoms with Crippen LogP contribution >= 0.6 is 0 Å². The second-order valence-electron chi connectivity index (χ2n) is 4.23. The Morgan fingerprint density at radius 1 is 1.29 bits per heavy atom. The molecule has 1 aromatic carbocycles. The predicted molar refractivity (Wildman–Crippen MR) is 77.2 cm³/mol. The van der Waals surface area contributed by atoms with Crippen molar-refractivity contribution in [2.24, 2.45) is 0 Å². The first kappa shape index (κ1) is 17.6. The van der Waals surface area contributed by atoms with Crippen molar-refractivity contribution in [2.45, 2.75) is 4.90 Å². The molecule has 1 amide bonds. The second-order valence-corrected chi connectivity index (χ2v) is 6.00. The van der Waals surface area contributed by atoms with Crippen molar-refractivity contribution in [2.75, 3.05) is 40.0 Å². The number of sulfonamides is 1. The van der Waals surface area contributed by atoms with Gasteiger partial charge in [0.25, 0.3) is 0 Å². The Hall–Kier alpha value is -1.48. The van der Waals surface area contributed by atoms with Crippen LogP contribution in [0.4, 0.5) is 0 Å². The van der Waals surface area contributed by atoms with Crippen LogP contribution in [0, 0.1) is 0 Å². The van der Waals surface area contributed by atoms with Crippen LogP contribution in [0.15, 0.2) is 35.2 Å². The minimum Gasteiger partial charge on any atom is -0.395 e. The number of ether oxygens (including phenoxy) is 1. The molecule has 118 valence electrons. The molecule has 0 heterocycles. The molecular weight excluding hydrogens is 296 g/mol. The highest BCUT2D eigenvalue weighted by atomic mass is 32.2. The third-order valence-electron chi connectivity index (χ3n) is 2.75. The van der Waals surface area contributed by atoms with Gasteiger partial charge in [-0.2, -0.15) is 0 Å². The van der Waals surface area contributed by atoms with Gasteiger partial charge in [0.2, 0.25) is 15.9 Å². The van der Waals surface area contributed by atoms with E-state index in [9.17, 15) is 13.2 Å². The molecule has 2 N–H and O–H groups in total. The first-order valence-electron chi connectivity index (χ1n) is 6.43. The number of aliphatic hydroxyl groups is 1. The molecule has 0 saturated heterocycles. The third kappa shape index (κ3) is 5.80. The highest BCUT2D eigenvalue weighted by Gasteiger charge is 2.18. The van der Waals surface area contributed by atoms with E-state index in [1.807, 2.05) is 0 Å². The van der Waals surface area contributed by atoms with Crippen molar-refractivity contribution in [1.82, 2.24) is 9.62 Å². The number of carbonyl (C=O) groups excluding carboxylic acids is 1. The predicted octanol–water partition coefficient (Wildman–Crippen LogP) is -0.568. The van der Waals surface area contributed by atoms with Crippen LogP contribution in [0.1, 0.15) is 0 Å². The average Bonchev–Trinajstić information content (AvgIpc) is 2.50. The fourth-order valence-corrected chi connectivity index (χ4v) is 2.63. The maximum atomic E-state index is 12.0. The Kier molecular flexibility index (Phi) is 7.30. The molecule has 21 heavy (non-hydrogen) atoms. The van der Waals surface area contributed by atoms with Gasteiger partial charge in [-0.15, -0.1) is 0 Å². The number of amides is 1. The molecule has 0 unspecified atom stereocenters. The summed E-state index contributed by atoms with van der Waals surface area (Å²) in [5.41, 5.74) is 0. The normalized spacial score (nSPS) is 11.3. The number of hydrogen-bond acceptors (Lipinski definition) is 5. The van der Waals surface area contributed by atoms with Crippen LogP contribution in [0.3, 0.4) is 0 Å². The fourth-order valence-electron chi connectivity index (χ4n) is 1.63. The van der Waals surface area contributed by atoms with E-state index < -0.39 is 15.9 Å². The minimum atomic E-state index is -3.72. The summed E-state index contributed by atoms with van der Waals surface area (Å²) >= 11 is 0. The van der Waals surface area contributed by atoms with Gasteiger partial charge in [-0.1, -0.05) is 18.2 Å². The molecule has 1 rings (SSSR count). The van der Waals surface area contributed by atoms with Crippen molar-refractivity contribution in [3.63, 3.8) is 0 Å². The van der Waals surface area contributed by atoms with Crippen LogP contribution < -0.4 is 4.72 Å². The zero-order chi connectivity index (χ0) is 15.7. The van der Waals surface area contributed by atoms with E-state index in [-0.39, 0.29) is 24.6 Å². The van der Waals surface area contributed by atoms with Crippen molar-refractivity contribution in [3.05, 3.63) is 30.3 Å². The maximum absolute atomic E-state index is 12.0. The summed E-state index contributed by atoms with van der Waals surface area (Å²) in [6.07, 6.45) is 0. The molecule has 0 aliphatic carbocycles. The van der Waals surface area contributed by atoms with Crippen LogP contribution in [0.2, 0.25) is 0 Å². The lowest BCUT2D eigenvalue weighted by molar-refractivity contribution is -0.131. The monoisotopic (exact) mass is 316 g/mol. The Bertz CT molecular complexity index is 533. The number of aliphatic hydroxyl groups excluding tert-OH is 1. The van der Waals surface area contributed by atoms with E-state index in [0.717, 1.165) is 0 Å². The van der Waals surface area contributed by atoms with Crippen LogP contribution in [-0.2, 0) is 19.6 Å². The summed E-state index contributed by atoms with van der Waals surface area (Å²) < 4.78 is 31.1. The summed E-state index contributed by atoms with van der Waals surface area (Å²) in [4.78, 5) is 13.4. The number of carbonyl (C=O) groups is 1. The van der Waals surface area contributed by atoms with Crippen molar-refractivity contribution in [3.8, 4) is 0 Å². The van der Waals surface area contributed by atoms with Crippen molar-refractivity contribution in [1.29, 1.82) is 0 Å². The summed E-state index contributed by atoms with van der Waals surface area (Å²) in [6, 6.07) is 7.81. The number of hydrogen-bond donors (Lipinski definition) is 2. The topological polar surface area (TPSA) is 95.9 Å². The molecule has 0 saturated carbocycles. The van der Waals surface area contributed by atoms with Crippen LogP contribution in [0.5, 0.6) is 0 Å². The summed E-state index contributed by atoms with van der Waals surface area (Å²) in [5.74, 6) is -0.416. The number of benzene rings is 1. The Morgan fingerprint density at radius 3 is 2.52 bits per heavy atom. The molecular formula is C13H20N2O5S. The Balaban J connectivity index is 2.61. The van der Waals surface area contributed by atoms with E-state index >= 15 is 0 Å². The van der Waals surface area contributed by atoms with Gasteiger partial charge in [-0.05, 0) is 12.1 Å². The van der Waals surface area contributed by atoms with E-state index in [4.69, 9.17) is 9.84 Å². The van der Waals surface area contributed by atoms with E-state index in [0.29, 0.717) is 13.2 Å². The van der Waals surface area contributed by atoms with Crippen molar-refractivity contribution >= 4 is 15.9 Å². The highest BCUT2D eigenvalue weighted by Crippen LogP contribution is 2.06. The van der Waals surface area contributed by atoms with Gasteiger partial charge >= 0.3 is 0 Å². The third-order valence-corrected chi connectivity index (χ3v) is 4.17. The molecule has 0 spiro atoms. The largest absolute Gasteiger partial charge is 0.395 e. The smallest absolute Gasteiger partial charge is 0.241 e. The zero-order valence-electron chi connectivity index (χ0n) is 11.9. The van der Waals surface area contributed by atoms with Crippen LogP contribution in [-0.4, -0.2) is 64.3 Å². The standard InChI is InChI=1S/C13H20N2O5S/c1-20-10-8-15(7-9-16)13(17)11-14-21(18,19)12-5-3-2-4-6-12/h2-6,14,16H,7-11H2,1H3. The lowest BCUT2D eigenvalue weighted by Crippen LogP contribution is -2.42. The molecule has 7 nitrogen and oxygen atoms in total.